The van der Waals surface area contributed by atoms with E-state index < -0.39 is 28.2 Å². The topological polar surface area (TPSA) is 72.0 Å². The molecule has 10 heteroatoms. The summed E-state index contributed by atoms with van der Waals surface area (Å²) in [7, 11) is -4.10. The molecule has 1 aliphatic rings. The third-order valence-electron chi connectivity index (χ3n) is 4.03. The summed E-state index contributed by atoms with van der Waals surface area (Å²) in [6.07, 6.45) is -3.27. The van der Waals surface area contributed by atoms with Crippen LogP contribution in [-0.4, -0.2) is 29.4 Å². The Morgan fingerprint density at radius 2 is 1.91 bits per heavy atom. The van der Waals surface area contributed by atoms with Crippen molar-refractivity contribution in [3.05, 3.63) is 18.2 Å². The number of halogens is 3. The lowest BCUT2D eigenvalue weighted by molar-refractivity contribution is -0.187. The Bertz CT molecular complexity index is 804. The SMILES string of the molecule is O=S(=O)(N[C@H]1CCCC[C@H]1C(F)(F)F)c1cccc2nsnc12. The standard InChI is InChI=1S/C13H14F3N3O2S2/c14-13(15,16)8-4-1-2-5-9(8)19-23(20,21)11-7-3-6-10-12(11)18-22-17-10/h3,6-9,19H,1-2,4-5H2/t8-,9+/m1/s1. The van der Waals surface area contributed by atoms with Gasteiger partial charge in [-0.05, 0) is 25.0 Å². The average molecular weight is 365 g/mol. The Labute approximate surface area is 135 Å². The second kappa shape index (κ2) is 5.99. The summed E-state index contributed by atoms with van der Waals surface area (Å²) in [6.45, 7) is 0. The predicted octanol–water partition coefficient (Wildman–Crippen LogP) is 3.09. The first-order valence-electron chi connectivity index (χ1n) is 7.09. The molecule has 1 fully saturated rings. The van der Waals surface area contributed by atoms with Gasteiger partial charge in [0.15, 0.2) is 0 Å². The summed E-state index contributed by atoms with van der Waals surface area (Å²) in [5, 5.41) is 0. The number of nitrogens with zero attached hydrogens (tertiary/aromatic N) is 2. The molecule has 126 valence electrons. The van der Waals surface area contributed by atoms with Gasteiger partial charge in [0.1, 0.15) is 15.9 Å². The van der Waals surface area contributed by atoms with Crippen LogP contribution in [0.25, 0.3) is 11.0 Å². The Morgan fingerprint density at radius 1 is 1.17 bits per heavy atom. The highest BCUT2D eigenvalue weighted by molar-refractivity contribution is 7.89. The maximum atomic E-state index is 13.1. The monoisotopic (exact) mass is 365 g/mol. The van der Waals surface area contributed by atoms with E-state index in [0.717, 1.165) is 11.7 Å². The number of hydrogen-bond acceptors (Lipinski definition) is 5. The fraction of sp³-hybridized carbons (Fsp3) is 0.538. The zero-order valence-electron chi connectivity index (χ0n) is 11.9. The maximum Gasteiger partial charge on any atom is 0.393 e. The van der Waals surface area contributed by atoms with Crippen LogP contribution in [0.5, 0.6) is 0 Å². The summed E-state index contributed by atoms with van der Waals surface area (Å²) >= 11 is 0.862. The molecule has 0 radical (unpaired) electrons. The van der Waals surface area contributed by atoms with Crippen LogP contribution >= 0.6 is 11.7 Å². The molecule has 0 spiro atoms. The van der Waals surface area contributed by atoms with Crippen molar-refractivity contribution in [2.75, 3.05) is 0 Å². The summed E-state index contributed by atoms with van der Waals surface area (Å²) < 4.78 is 74.6. The van der Waals surface area contributed by atoms with Crippen molar-refractivity contribution in [1.82, 2.24) is 13.5 Å². The molecule has 2 atom stereocenters. The van der Waals surface area contributed by atoms with Gasteiger partial charge in [0.05, 0.1) is 17.6 Å². The minimum absolute atomic E-state index is 0.0564. The van der Waals surface area contributed by atoms with Gasteiger partial charge < -0.3 is 0 Å². The van der Waals surface area contributed by atoms with Gasteiger partial charge in [-0.3, -0.25) is 0 Å². The smallest absolute Gasteiger partial charge is 0.207 e. The van der Waals surface area contributed by atoms with E-state index in [9.17, 15) is 21.6 Å². The summed E-state index contributed by atoms with van der Waals surface area (Å²) in [5.74, 6) is -1.65. The first-order valence-corrected chi connectivity index (χ1v) is 9.31. The normalized spacial score (nSPS) is 23.3. The van der Waals surface area contributed by atoms with Gasteiger partial charge >= 0.3 is 6.18 Å². The highest BCUT2D eigenvalue weighted by Crippen LogP contribution is 2.38. The number of aromatic nitrogens is 2. The van der Waals surface area contributed by atoms with Gasteiger partial charge in [-0.1, -0.05) is 18.9 Å². The number of hydrogen-bond donors (Lipinski definition) is 1. The van der Waals surface area contributed by atoms with Gasteiger partial charge in [-0.2, -0.15) is 21.9 Å². The lowest BCUT2D eigenvalue weighted by atomic mass is 9.85. The van der Waals surface area contributed by atoms with Gasteiger partial charge in [0.25, 0.3) is 0 Å². The van der Waals surface area contributed by atoms with E-state index in [4.69, 9.17) is 0 Å². The molecule has 1 saturated carbocycles. The Hall–Kier alpha value is -1.26. The van der Waals surface area contributed by atoms with Crippen LogP contribution in [0.3, 0.4) is 0 Å². The molecule has 0 unspecified atom stereocenters. The molecule has 0 aliphatic heterocycles. The van der Waals surface area contributed by atoms with Crippen LogP contribution in [-0.2, 0) is 10.0 Å². The third-order valence-corrected chi connectivity index (χ3v) is 6.10. The first kappa shape index (κ1) is 16.6. The number of benzene rings is 1. The molecule has 1 heterocycles. The third kappa shape index (κ3) is 3.33. The second-order valence-corrected chi connectivity index (χ2v) is 7.76. The molecule has 23 heavy (non-hydrogen) atoms. The van der Waals surface area contributed by atoms with Gasteiger partial charge in [-0.15, -0.1) is 0 Å². The van der Waals surface area contributed by atoms with Gasteiger partial charge in [0, 0.05) is 6.04 Å². The van der Waals surface area contributed by atoms with Crippen molar-refractivity contribution in [2.45, 2.75) is 42.8 Å². The number of fused-ring (bicyclic) bond motifs is 1. The fourth-order valence-corrected chi connectivity index (χ4v) is 5.00. The molecule has 0 amide bonds. The molecule has 1 aromatic heterocycles. The Morgan fingerprint density at radius 3 is 2.65 bits per heavy atom. The van der Waals surface area contributed by atoms with E-state index in [2.05, 4.69) is 13.5 Å². The number of sulfonamides is 1. The molecule has 1 aliphatic carbocycles. The van der Waals surface area contributed by atoms with Crippen LogP contribution in [0.15, 0.2) is 23.1 Å². The van der Waals surface area contributed by atoms with Crippen LogP contribution < -0.4 is 4.72 Å². The van der Waals surface area contributed by atoms with Gasteiger partial charge in [-0.25, -0.2) is 13.1 Å². The number of rotatable bonds is 3. The van der Waals surface area contributed by atoms with Crippen LogP contribution in [0.2, 0.25) is 0 Å². The van der Waals surface area contributed by atoms with E-state index in [1.165, 1.54) is 12.1 Å². The highest BCUT2D eigenvalue weighted by atomic mass is 32.2. The molecule has 2 aromatic rings. The fourth-order valence-electron chi connectivity index (χ4n) is 2.92. The summed E-state index contributed by atoms with van der Waals surface area (Å²) in [6, 6.07) is 3.30. The van der Waals surface area contributed by atoms with Crippen LogP contribution in [0, 0.1) is 5.92 Å². The lowest BCUT2D eigenvalue weighted by Gasteiger charge is -2.33. The maximum absolute atomic E-state index is 13.1. The van der Waals surface area contributed by atoms with E-state index in [1.54, 1.807) is 6.07 Å². The Balaban J connectivity index is 1.92. The Kier molecular flexibility index (Phi) is 4.32. The van der Waals surface area contributed by atoms with Crippen molar-refractivity contribution in [3.63, 3.8) is 0 Å². The second-order valence-electron chi connectivity index (χ2n) is 5.55. The minimum atomic E-state index is -4.41. The zero-order chi connectivity index (χ0) is 16.7. The summed E-state index contributed by atoms with van der Waals surface area (Å²) in [4.78, 5) is -0.129. The van der Waals surface area contributed by atoms with Crippen LogP contribution in [0.1, 0.15) is 25.7 Å². The quantitative estimate of drug-likeness (QED) is 0.907. The van der Waals surface area contributed by atoms with Crippen molar-refractivity contribution in [3.8, 4) is 0 Å². The first-order chi connectivity index (χ1) is 10.8. The lowest BCUT2D eigenvalue weighted by Crippen LogP contribution is -2.47. The molecule has 1 aromatic carbocycles. The molecular formula is C13H14F3N3O2S2. The molecule has 0 bridgehead atoms. The van der Waals surface area contributed by atoms with Crippen LogP contribution in [0.4, 0.5) is 13.2 Å². The summed E-state index contributed by atoms with van der Waals surface area (Å²) in [5.41, 5.74) is 0.596. The van der Waals surface area contributed by atoms with E-state index in [-0.39, 0.29) is 23.3 Å². The largest absolute Gasteiger partial charge is 0.393 e. The van der Waals surface area contributed by atoms with E-state index in [1.807, 2.05) is 0 Å². The van der Waals surface area contributed by atoms with E-state index >= 15 is 0 Å². The number of nitrogens with one attached hydrogen (secondary N) is 1. The molecule has 3 rings (SSSR count). The van der Waals surface area contributed by atoms with Crippen molar-refractivity contribution < 1.29 is 21.6 Å². The van der Waals surface area contributed by atoms with Crippen molar-refractivity contribution in [2.24, 2.45) is 5.92 Å². The van der Waals surface area contributed by atoms with Crippen molar-refractivity contribution in [1.29, 1.82) is 0 Å². The van der Waals surface area contributed by atoms with E-state index in [0.29, 0.717) is 18.4 Å². The van der Waals surface area contributed by atoms with Gasteiger partial charge in [0.2, 0.25) is 10.0 Å². The molecule has 0 saturated heterocycles. The molecule has 1 N–H and O–H groups in total. The highest BCUT2D eigenvalue weighted by Gasteiger charge is 2.46. The zero-order valence-corrected chi connectivity index (χ0v) is 13.5. The molecule has 5 nitrogen and oxygen atoms in total. The average Bonchev–Trinajstić information content (AvgIpc) is 2.94. The minimum Gasteiger partial charge on any atom is -0.207 e. The predicted molar refractivity (Wildman–Crippen MR) is 79.5 cm³/mol. The molecular weight excluding hydrogens is 351 g/mol. The van der Waals surface area contributed by atoms with Crippen molar-refractivity contribution >= 4 is 32.8 Å². The number of alkyl halides is 3.